The molecule has 1 saturated heterocycles. The van der Waals surface area contributed by atoms with Crippen LogP contribution in [0.15, 0.2) is 6.20 Å². The summed E-state index contributed by atoms with van der Waals surface area (Å²) in [4.78, 5) is 21.9. The maximum absolute atomic E-state index is 12.1. The summed E-state index contributed by atoms with van der Waals surface area (Å²) < 4.78 is 4.93. The number of nitrogens with two attached hydrogens (primary N) is 1. The van der Waals surface area contributed by atoms with Crippen molar-refractivity contribution < 1.29 is 9.53 Å². The number of carbonyl (C=O) groups excluding carboxylic acids is 1. The Hall–Kier alpha value is -0.600. The first-order valence-electron chi connectivity index (χ1n) is 6.88. The maximum Gasteiger partial charge on any atom is 0.241 e. The van der Waals surface area contributed by atoms with Crippen molar-refractivity contribution in [3.63, 3.8) is 0 Å². The van der Waals surface area contributed by atoms with Crippen LogP contribution in [0.25, 0.3) is 0 Å². The monoisotopic (exact) mass is 370 g/mol. The Morgan fingerprint density at radius 1 is 1.41 bits per heavy atom. The fourth-order valence-corrected chi connectivity index (χ4v) is 3.11. The van der Waals surface area contributed by atoms with Crippen LogP contribution in [0.5, 0.6) is 0 Å². The first-order valence-corrected chi connectivity index (χ1v) is 7.70. The molecule has 22 heavy (non-hydrogen) atoms. The number of hydrogen-bond donors (Lipinski definition) is 1. The number of rotatable bonds is 5. The average Bonchev–Trinajstić information content (AvgIpc) is 2.96. The van der Waals surface area contributed by atoms with E-state index in [0.717, 1.165) is 24.6 Å². The lowest BCUT2D eigenvalue weighted by molar-refractivity contribution is -0.134. The molecule has 6 nitrogen and oxygen atoms in total. The molecule has 128 valence electrons. The first kappa shape index (κ1) is 21.4. The third-order valence-corrected chi connectivity index (χ3v) is 4.62. The van der Waals surface area contributed by atoms with Gasteiger partial charge < -0.3 is 20.3 Å². The van der Waals surface area contributed by atoms with Crippen LogP contribution >= 0.6 is 36.2 Å². The standard InChI is InChI=1S/C13H22N4O2S.2ClH/c1-3-10-8-15-13(20-10)17-6-4-16(5-7-17)12(18)11(14)9-19-2;;/h8,11H,3-7,9,14H2,1-2H3;2*1H. The molecule has 9 heteroatoms. The van der Waals surface area contributed by atoms with Gasteiger partial charge in [0.2, 0.25) is 5.91 Å². The number of thiazole rings is 1. The molecule has 1 aliphatic heterocycles. The van der Waals surface area contributed by atoms with Gasteiger partial charge in [-0.25, -0.2) is 4.98 Å². The van der Waals surface area contributed by atoms with Crippen molar-refractivity contribution in [3.8, 4) is 0 Å². The molecule has 1 atom stereocenters. The number of aromatic nitrogens is 1. The Kier molecular flexibility index (Phi) is 9.95. The van der Waals surface area contributed by atoms with Crippen molar-refractivity contribution in [2.75, 3.05) is 44.8 Å². The van der Waals surface area contributed by atoms with Gasteiger partial charge in [0.05, 0.1) is 6.61 Å². The molecule has 1 unspecified atom stereocenters. The molecule has 0 radical (unpaired) electrons. The van der Waals surface area contributed by atoms with Crippen LogP contribution in [0.1, 0.15) is 11.8 Å². The number of piperazine rings is 1. The quantitative estimate of drug-likeness (QED) is 0.842. The molecule has 1 fully saturated rings. The largest absolute Gasteiger partial charge is 0.383 e. The Balaban J connectivity index is 0.00000220. The van der Waals surface area contributed by atoms with E-state index in [2.05, 4.69) is 16.8 Å². The third-order valence-electron chi connectivity index (χ3n) is 3.42. The molecule has 2 N–H and O–H groups in total. The molecule has 1 aromatic rings. The third kappa shape index (κ3) is 5.24. The van der Waals surface area contributed by atoms with Gasteiger partial charge in [0.1, 0.15) is 6.04 Å². The van der Waals surface area contributed by atoms with E-state index in [9.17, 15) is 4.79 Å². The fraction of sp³-hybridized carbons (Fsp3) is 0.692. The van der Waals surface area contributed by atoms with Gasteiger partial charge in [-0.05, 0) is 6.42 Å². The number of amides is 1. The molecular weight excluding hydrogens is 347 g/mol. The summed E-state index contributed by atoms with van der Waals surface area (Å²) in [7, 11) is 1.55. The van der Waals surface area contributed by atoms with Crippen molar-refractivity contribution in [2.45, 2.75) is 19.4 Å². The molecular formula is C13H24Cl2N4O2S. The van der Waals surface area contributed by atoms with Gasteiger partial charge in [-0.15, -0.1) is 36.2 Å². The number of carbonyl (C=O) groups is 1. The number of nitrogens with zero attached hydrogens (tertiary/aromatic N) is 3. The molecule has 1 aliphatic rings. The summed E-state index contributed by atoms with van der Waals surface area (Å²) in [6, 6.07) is -0.557. The minimum absolute atomic E-state index is 0. The Morgan fingerprint density at radius 3 is 2.55 bits per heavy atom. The second-order valence-electron chi connectivity index (χ2n) is 4.84. The summed E-state index contributed by atoms with van der Waals surface area (Å²) in [5.41, 5.74) is 5.79. The highest BCUT2D eigenvalue weighted by atomic mass is 35.5. The van der Waals surface area contributed by atoms with Gasteiger partial charge >= 0.3 is 0 Å². The van der Waals surface area contributed by atoms with E-state index < -0.39 is 6.04 Å². The molecule has 2 rings (SSSR count). The minimum Gasteiger partial charge on any atom is -0.383 e. The van der Waals surface area contributed by atoms with Gasteiger partial charge in [0.15, 0.2) is 5.13 Å². The Bertz CT molecular complexity index is 453. The predicted molar refractivity (Wildman–Crippen MR) is 94.6 cm³/mol. The maximum atomic E-state index is 12.1. The highest BCUT2D eigenvalue weighted by Gasteiger charge is 2.26. The predicted octanol–water partition coefficient (Wildman–Crippen LogP) is 1.17. The van der Waals surface area contributed by atoms with Crippen LogP contribution in [0.4, 0.5) is 5.13 Å². The van der Waals surface area contributed by atoms with E-state index in [1.165, 1.54) is 4.88 Å². The number of anilines is 1. The van der Waals surface area contributed by atoms with E-state index >= 15 is 0 Å². The SMILES string of the molecule is CCc1cnc(N2CCN(C(=O)C(N)COC)CC2)s1.Cl.Cl. The molecule has 1 amide bonds. The number of halogens is 2. The molecule has 0 saturated carbocycles. The minimum atomic E-state index is -0.557. The van der Waals surface area contributed by atoms with E-state index in [-0.39, 0.29) is 37.3 Å². The number of hydrogen-bond acceptors (Lipinski definition) is 6. The lowest BCUT2D eigenvalue weighted by atomic mass is 10.2. The normalized spacial score (nSPS) is 15.8. The lowest BCUT2D eigenvalue weighted by Gasteiger charge is -2.35. The molecule has 0 spiro atoms. The fourth-order valence-electron chi connectivity index (χ4n) is 2.21. The van der Waals surface area contributed by atoms with Gasteiger partial charge in [-0.3, -0.25) is 4.79 Å². The zero-order valence-corrected chi connectivity index (χ0v) is 15.3. The Morgan fingerprint density at radius 2 is 2.05 bits per heavy atom. The highest BCUT2D eigenvalue weighted by molar-refractivity contribution is 7.15. The summed E-state index contributed by atoms with van der Waals surface area (Å²) in [6.07, 6.45) is 2.95. The molecule has 0 bridgehead atoms. The number of methoxy groups -OCH3 is 1. The zero-order valence-electron chi connectivity index (χ0n) is 12.9. The summed E-state index contributed by atoms with van der Waals surface area (Å²) >= 11 is 1.73. The van der Waals surface area contributed by atoms with E-state index in [4.69, 9.17) is 10.5 Å². The van der Waals surface area contributed by atoms with Gasteiger partial charge in [0.25, 0.3) is 0 Å². The zero-order chi connectivity index (χ0) is 14.5. The number of aryl methyl sites for hydroxylation is 1. The first-order chi connectivity index (χ1) is 9.65. The summed E-state index contributed by atoms with van der Waals surface area (Å²) in [5.74, 6) is -0.0279. The second-order valence-corrected chi connectivity index (χ2v) is 5.93. The summed E-state index contributed by atoms with van der Waals surface area (Å²) in [6.45, 7) is 5.40. The lowest BCUT2D eigenvalue weighted by Crippen LogP contribution is -2.54. The summed E-state index contributed by atoms with van der Waals surface area (Å²) in [5, 5.41) is 1.05. The van der Waals surface area contributed by atoms with Gasteiger partial charge in [-0.2, -0.15) is 0 Å². The van der Waals surface area contributed by atoms with Crippen molar-refractivity contribution in [1.82, 2.24) is 9.88 Å². The van der Waals surface area contributed by atoms with Crippen LogP contribution in [-0.2, 0) is 16.0 Å². The second kappa shape index (κ2) is 10.2. The topological polar surface area (TPSA) is 71.7 Å². The van der Waals surface area contributed by atoms with E-state index in [1.807, 2.05) is 11.1 Å². The van der Waals surface area contributed by atoms with Crippen LogP contribution in [0.3, 0.4) is 0 Å². The van der Waals surface area contributed by atoms with Crippen LogP contribution in [-0.4, -0.2) is 61.7 Å². The van der Waals surface area contributed by atoms with Crippen LogP contribution < -0.4 is 10.6 Å². The van der Waals surface area contributed by atoms with Crippen molar-refractivity contribution in [3.05, 3.63) is 11.1 Å². The molecule has 1 aromatic heterocycles. The highest BCUT2D eigenvalue weighted by Crippen LogP contribution is 2.23. The smallest absolute Gasteiger partial charge is 0.241 e. The molecule has 2 heterocycles. The van der Waals surface area contributed by atoms with Crippen molar-refractivity contribution >= 4 is 47.2 Å². The van der Waals surface area contributed by atoms with E-state index in [1.54, 1.807) is 18.4 Å². The molecule has 0 aromatic carbocycles. The van der Waals surface area contributed by atoms with Crippen LogP contribution in [0, 0.1) is 0 Å². The number of ether oxygens (including phenoxy) is 1. The van der Waals surface area contributed by atoms with E-state index in [0.29, 0.717) is 13.1 Å². The molecule has 0 aliphatic carbocycles. The van der Waals surface area contributed by atoms with Gasteiger partial charge in [0, 0.05) is 44.4 Å². The van der Waals surface area contributed by atoms with Crippen LogP contribution in [0.2, 0.25) is 0 Å². The van der Waals surface area contributed by atoms with Gasteiger partial charge in [-0.1, -0.05) is 6.92 Å². The Labute approximate surface area is 147 Å². The average molecular weight is 371 g/mol. The van der Waals surface area contributed by atoms with Crippen molar-refractivity contribution in [1.29, 1.82) is 0 Å². The van der Waals surface area contributed by atoms with Crippen molar-refractivity contribution in [2.24, 2.45) is 5.73 Å².